The van der Waals surface area contributed by atoms with Gasteiger partial charge in [-0.05, 0) is 18.1 Å². The average molecular weight is 251 g/mol. The number of rotatable bonds is 1. The second-order valence-electron chi connectivity index (χ2n) is 3.62. The Hall–Kier alpha value is -0.960. The Morgan fingerprint density at radius 2 is 2.07 bits per heavy atom. The number of aromatic nitrogens is 2. The van der Waals surface area contributed by atoms with E-state index in [-0.39, 0.29) is 0 Å². The number of hydrogen-bond donors (Lipinski definition) is 0. The van der Waals surface area contributed by atoms with E-state index in [9.17, 15) is 0 Å². The molecular formula is C11H11BrN2. The van der Waals surface area contributed by atoms with Gasteiger partial charge in [-0.15, -0.1) is 0 Å². The molecule has 2 aromatic rings. The Labute approximate surface area is 91.5 Å². The summed E-state index contributed by atoms with van der Waals surface area (Å²) in [6, 6.07) is 6.19. The maximum absolute atomic E-state index is 4.17. The van der Waals surface area contributed by atoms with Crippen LogP contribution < -0.4 is 0 Å². The molecule has 0 aliphatic heterocycles. The summed E-state index contributed by atoms with van der Waals surface area (Å²) >= 11 is 3.45. The fourth-order valence-electron chi connectivity index (χ4n) is 1.51. The van der Waals surface area contributed by atoms with Gasteiger partial charge >= 0.3 is 0 Å². The summed E-state index contributed by atoms with van der Waals surface area (Å²) in [5.74, 6) is 0.410. The fraction of sp³-hybridized carbons (Fsp3) is 0.273. The Morgan fingerprint density at radius 3 is 2.79 bits per heavy atom. The maximum atomic E-state index is 4.17. The van der Waals surface area contributed by atoms with Crippen LogP contribution in [0.1, 0.15) is 25.5 Å². The number of halogens is 1. The summed E-state index contributed by atoms with van der Waals surface area (Å²) in [5.41, 5.74) is 1.06. The van der Waals surface area contributed by atoms with Crippen LogP contribution in [0.3, 0.4) is 0 Å². The molecule has 0 atom stereocenters. The Kier molecular flexibility index (Phi) is 2.50. The summed E-state index contributed by atoms with van der Waals surface area (Å²) in [5, 5.41) is 10.5. The smallest absolute Gasteiger partial charge is 0.0734 e. The van der Waals surface area contributed by atoms with E-state index in [1.165, 1.54) is 5.39 Å². The molecule has 0 saturated heterocycles. The minimum atomic E-state index is 0.410. The second-order valence-corrected chi connectivity index (χ2v) is 4.53. The molecule has 1 heterocycles. The molecule has 1 aromatic carbocycles. The van der Waals surface area contributed by atoms with Gasteiger partial charge in [-0.2, -0.15) is 10.2 Å². The lowest BCUT2D eigenvalue weighted by atomic mass is 10.0. The quantitative estimate of drug-likeness (QED) is 0.774. The molecule has 72 valence electrons. The van der Waals surface area contributed by atoms with E-state index in [1.54, 1.807) is 6.20 Å². The minimum Gasteiger partial charge on any atom is -0.158 e. The van der Waals surface area contributed by atoms with Crippen molar-refractivity contribution in [1.82, 2.24) is 10.2 Å². The zero-order valence-electron chi connectivity index (χ0n) is 8.16. The fourth-order valence-corrected chi connectivity index (χ4v) is 1.89. The molecule has 0 aliphatic rings. The SMILES string of the molecule is CC(C)c1nncc2cc(Br)ccc12. The van der Waals surface area contributed by atoms with Gasteiger partial charge in [0.1, 0.15) is 0 Å². The Bertz CT molecular complexity index is 466. The number of fused-ring (bicyclic) bond motifs is 1. The number of benzene rings is 1. The van der Waals surface area contributed by atoms with Crippen LogP contribution in [0.4, 0.5) is 0 Å². The van der Waals surface area contributed by atoms with E-state index in [1.807, 2.05) is 6.07 Å². The molecule has 2 rings (SSSR count). The van der Waals surface area contributed by atoms with Crippen molar-refractivity contribution in [3.8, 4) is 0 Å². The first-order valence-electron chi connectivity index (χ1n) is 4.59. The van der Waals surface area contributed by atoms with Crippen LogP contribution in [0, 0.1) is 0 Å². The predicted octanol–water partition coefficient (Wildman–Crippen LogP) is 3.52. The van der Waals surface area contributed by atoms with Crippen molar-refractivity contribution in [2.75, 3.05) is 0 Å². The highest BCUT2D eigenvalue weighted by atomic mass is 79.9. The lowest BCUT2D eigenvalue weighted by Gasteiger charge is -2.07. The summed E-state index contributed by atoms with van der Waals surface area (Å²) in [6.07, 6.45) is 1.80. The van der Waals surface area contributed by atoms with Crippen molar-refractivity contribution < 1.29 is 0 Å². The molecule has 0 radical (unpaired) electrons. The molecule has 0 unspecified atom stereocenters. The molecule has 0 spiro atoms. The first-order valence-corrected chi connectivity index (χ1v) is 5.38. The lowest BCUT2D eigenvalue weighted by molar-refractivity contribution is 0.799. The van der Waals surface area contributed by atoms with E-state index < -0.39 is 0 Å². The van der Waals surface area contributed by atoms with Crippen LogP contribution in [-0.4, -0.2) is 10.2 Å². The Balaban J connectivity index is 2.75. The standard InChI is InChI=1S/C11H11BrN2/c1-7(2)11-10-4-3-9(12)5-8(10)6-13-14-11/h3-7H,1-2H3. The van der Waals surface area contributed by atoms with Crippen LogP contribution >= 0.6 is 15.9 Å². The highest BCUT2D eigenvalue weighted by Gasteiger charge is 2.06. The molecule has 0 fully saturated rings. The molecule has 0 bridgehead atoms. The molecule has 0 saturated carbocycles. The summed E-state index contributed by atoms with van der Waals surface area (Å²) in [4.78, 5) is 0. The molecule has 1 aromatic heterocycles. The van der Waals surface area contributed by atoms with Crippen molar-refractivity contribution in [1.29, 1.82) is 0 Å². The van der Waals surface area contributed by atoms with Crippen molar-refractivity contribution in [3.63, 3.8) is 0 Å². The van der Waals surface area contributed by atoms with Gasteiger partial charge in [0.25, 0.3) is 0 Å². The third-order valence-corrected chi connectivity index (χ3v) is 2.69. The van der Waals surface area contributed by atoms with Gasteiger partial charge in [0, 0.05) is 15.2 Å². The van der Waals surface area contributed by atoms with E-state index in [0.29, 0.717) is 5.92 Å². The van der Waals surface area contributed by atoms with Crippen molar-refractivity contribution >= 4 is 26.7 Å². The monoisotopic (exact) mass is 250 g/mol. The average Bonchev–Trinajstić information content (AvgIpc) is 2.16. The van der Waals surface area contributed by atoms with E-state index in [0.717, 1.165) is 15.6 Å². The zero-order chi connectivity index (χ0) is 10.1. The van der Waals surface area contributed by atoms with Crippen LogP contribution in [0.2, 0.25) is 0 Å². The first kappa shape index (κ1) is 9.59. The maximum Gasteiger partial charge on any atom is 0.0734 e. The second kappa shape index (κ2) is 3.65. The topological polar surface area (TPSA) is 25.8 Å². The van der Waals surface area contributed by atoms with Crippen molar-refractivity contribution in [3.05, 3.63) is 34.6 Å². The van der Waals surface area contributed by atoms with Gasteiger partial charge in [-0.1, -0.05) is 35.8 Å². The van der Waals surface area contributed by atoms with Gasteiger partial charge in [-0.3, -0.25) is 0 Å². The molecule has 0 N–H and O–H groups in total. The first-order chi connectivity index (χ1) is 6.68. The normalized spacial score (nSPS) is 11.1. The van der Waals surface area contributed by atoms with Crippen LogP contribution in [0.5, 0.6) is 0 Å². The van der Waals surface area contributed by atoms with Crippen molar-refractivity contribution in [2.45, 2.75) is 19.8 Å². The highest BCUT2D eigenvalue weighted by molar-refractivity contribution is 9.10. The highest BCUT2D eigenvalue weighted by Crippen LogP contribution is 2.24. The predicted molar refractivity (Wildman–Crippen MR) is 61.3 cm³/mol. The lowest BCUT2D eigenvalue weighted by Crippen LogP contribution is -1.96. The third kappa shape index (κ3) is 1.64. The number of hydrogen-bond acceptors (Lipinski definition) is 2. The summed E-state index contributed by atoms with van der Waals surface area (Å²) in [6.45, 7) is 4.26. The molecule has 2 nitrogen and oxygen atoms in total. The number of nitrogens with zero attached hydrogens (tertiary/aromatic N) is 2. The minimum absolute atomic E-state index is 0.410. The molecular weight excluding hydrogens is 240 g/mol. The third-order valence-electron chi connectivity index (χ3n) is 2.20. The summed E-state index contributed by atoms with van der Waals surface area (Å²) < 4.78 is 1.08. The molecule has 0 amide bonds. The van der Waals surface area contributed by atoms with E-state index >= 15 is 0 Å². The molecule has 0 aliphatic carbocycles. The molecule has 3 heteroatoms. The van der Waals surface area contributed by atoms with Gasteiger partial charge in [0.05, 0.1) is 11.9 Å². The van der Waals surface area contributed by atoms with Crippen LogP contribution in [0.25, 0.3) is 10.8 Å². The van der Waals surface area contributed by atoms with E-state index in [4.69, 9.17) is 0 Å². The molecule has 14 heavy (non-hydrogen) atoms. The van der Waals surface area contributed by atoms with Gasteiger partial charge in [0.15, 0.2) is 0 Å². The van der Waals surface area contributed by atoms with Crippen LogP contribution in [-0.2, 0) is 0 Å². The van der Waals surface area contributed by atoms with Crippen LogP contribution in [0.15, 0.2) is 28.9 Å². The van der Waals surface area contributed by atoms with Gasteiger partial charge in [-0.25, -0.2) is 0 Å². The van der Waals surface area contributed by atoms with Gasteiger partial charge < -0.3 is 0 Å². The zero-order valence-corrected chi connectivity index (χ0v) is 9.75. The Morgan fingerprint density at radius 1 is 1.29 bits per heavy atom. The van der Waals surface area contributed by atoms with Gasteiger partial charge in [0.2, 0.25) is 0 Å². The largest absolute Gasteiger partial charge is 0.158 e. The van der Waals surface area contributed by atoms with E-state index in [2.05, 4.69) is 52.1 Å². The van der Waals surface area contributed by atoms with Crippen molar-refractivity contribution in [2.24, 2.45) is 0 Å². The summed E-state index contributed by atoms with van der Waals surface area (Å²) in [7, 11) is 0.